The van der Waals surface area contributed by atoms with Crippen LogP contribution in [0, 0.1) is 5.82 Å². The first-order valence-electron chi connectivity index (χ1n) is 6.12. The van der Waals surface area contributed by atoms with Gasteiger partial charge in [-0.2, -0.15) is 0 Å². The summed E-state index contributed by atoms with van der Waals surface area (Å²) in [4.78, 5) is 13.5. The third-order valence-electron chi connectivity index (χ3n) is 2.61. The zero-order chi connectivity index (χ0) is 14.4. The van der Waals surface area contributed by atoms with Gasteiger partial charge < -0.3 is 11.1 Å². The molecule has 1 aromatic heterocycles. The molecule has 0 bridgehead atoms. The smallest absolute Gasteiger partial charge is 0.230 e. The quantitative estimate of drug-likeness (QED) is 0.637. The number of thiophene rings is 1. The Bertz CT molecular complexity index is 573. The van der Waals surface area contributed by atoms with Gasteiger partial charge in [-0.25, -0.2) is 4.39 Å². The highest BCUT2D eigenvalue weighted by Gasteiger charge is 2.06. The summed E-state index contributed by atoms with van der Waals surface area (Å²) in [6, 6.07) is 8.19. The van der Waals surface area contributed by atoms with Gasteiger partial charge in [0, 0.05) is 22.0 Å². The van der Waals surface area contributed by atoms with Crippen molar-refractivity contribution in [2.45, 2.75) is 11.3 Å². The maximum absolute atomic E-state index is 13.1. The molecule has 0 aliphatic carbocycles. The minimum Gasteiger partial charge on any atom is -0.398 e. The van der Waals surface area contributed by atoms with E-state index in [1.807, 2.05) is 17.5 Å². The lowest BCUT2D eigenvalue weighted by molar-refractivity contribution is -0.118. The number of nitrogens with two attached hydrogens (primary N) is 1. The molecule has 0 fully saturated rings. The third-order valence-corrected chi connectivity index (χ3v) is 4.62. The molecule has 1 amide bonds. The Kier molecular flexibility index (Phi) is 5.43. The van der Waals surface area contributed by atoms with Crippen molar-refractivity contribution >= 4 is 34.7 Å². The van der Waals surface area contributed by atoms with Crippen LogP contribution in [0.1, 0.15) is 4.88 Å². The Balaban J connectivity index is 1.73. The van der Waals surface area contributed by atoms with Crippen molar-refractivity contribution in [1.29, 1.82) is 0 Å². The lowest BCUT2D eigenvalue weighted by Crippen LogP contribution is -2.27. The molecule has 0 radical (unpaired) electrons. The van der Waals surface area contributed by atoms with Crippen molar-refractivity contribution in [3.05, 3.63) is 46.4 Å². The summed E-state index contributed by atoms with van der Waals surface area (Å²) in [5.41, 5.74) is 6.21. The predicted octanol–water partition coefficient (Wildman–Crippen LogP) is 2.92. The van der Waals surface area contributed by atoms with Crippen LogP contribution in [0.15, 0.2) is 40.6 Å². The van der Waals surface area contributed by atoms with E-state index in [1.165, 1.54) is 34.8 Å². The molecule has 0 aliphatic rings. The Hall–Kier alpha value is -1.53. The Labute approximate surface area is 125 Å². The number of rotatable bonds is 6. The average molecular weight is 310 g/mol. The molecule has 0 aliphatic heterocycles. The first-order valence-corrected chi connectivity index (χ1v) is 7.98. The van der Waals surface area contributed by atoms with Crippen molar-refractivity contribution in [3.8, 4) is 0 Å². The Morgan fingerprint density at radius 2 is 2.25 bits per heavy atom. The second-order valence-electron chi connectivity index (χ2n) is 4.15. The fraction of sp³-hybridized carbons (Fsp3) is 0.214. The van der Waals surface area contributed by atoms with Gasteiger partial charge in [-0.1, -0.05) is 6.07 Å². The summed E-state index contributed by atoms with van der Waals surface area (Å²) in [6.07, 6.45) is 0.830. The zero-order valence-corrected chi connectivity index (χ0v) is 12.4. The van der Waals surface area contributed by atoms with E-state index in [2.05, 4.69) is 5.32 Å². The Morgan fingerprint density at radius 3 is 3.00 bits per heavy atom. The molecule has 0 saturated carbocycles. The highest BCUT2D eigenvalue weighted by molar-refractivity contribution is 8.00. The SMILES string of the molecule is Nc1ccc(F)cc1SCC(=O)NCCc1cccs1. The normalized spacial score (nSPS) is 10.4. The molecule has 3 nitrogen and oxygen atoms in total. The van der Waals surface area contributed by atoms with Gasteiger partial charge in [0.15, 0.2) is 0 Å². The van der Waals surface area contributed by atoms with Crippen LogP contribution in [0.4, 0.5) is 10.1 Å². The highest BCUT2D eigenvalue weighted by Crippen LogP contribution is 2.25. The van der Waals surface area contributed by atoms with E-state index in [4.69, 9.17) is 5.73 Å². The molecule has 1 aromatic carbocycles. The summed E-state index contributed by atoms with van der Waals surface area (Å²) in [5.74, 6) is -0.187. The molecular formula is C14H15FN2OS2. The first-order chi connectivity index (χ1) is 9.65. The lowest BCUT2D eigenvalue weighted by Gasteiger charge is -2.06. The predicted molar refractivity (Wildman–Crippen MR) is 82.6 cm³/mol. The van der Waals surface area contributed by atoms with Crippen LogP contribution in [0.5, 0.6) is 0 Å². The molecule has 2 aromatic rings. The molecule has 3 N–H and O–H groups in total. The number of halogens is 1. The van der Waals surface area contributed by atoms with Crippen molar-refractivity contribution in [1.82, 2.24) is 5.32 Å². The van der Waals surface area contributed by atoms with E-state index in [0.29, 0.717) is 17.1 Å². The van der Waals surface area contributed by atoms with Gasteiger partial charge in [0.1, 0.15) is 5.82 Å². The molecule has 0 atom stereocenters. The molecular weight excluding hydrogens is 295 g/mol. The van der Waals surface area contributed by atoms with Gasteiger partial charge in [0.2, 0.25) is 5.91 Å². The second kappa shape index (κ2) is 7.31. The second-order valence-corrected chi connectivity index (χ2v) is 6.20. The number of nitrogens with one attached hydrogen (secondary N) is 1. The maximum Gasteiger partial charge on any atom is 0.230 e. The molecule has 0 spiro atoms. The number of thioether (sulfide) groups is 1. The van der Waals surface area contributed by atoms with Gasteiger partial charge in [-0.15, -0.1) is 23.1 Å². The minimum absolute atomic E-state index is 0.0739. The van der Waals surface area contributed by atoms with Crippen molar-refractivity contribution < 1.29 is 9.18 Å². The summed E-state index contributed by atoms with van der Waals surface area (Å²) in [6.45, 7) is 0.610. The van der Waals surface area contributed by atoms with Crippen LogP contribution in [0.2, 0.25) is 0 Å². The van der Waals surface area contributed by atoms with E-state index in [1.54, 1.807) is 11.3 Å². The van der Waals surface area contributed by atoms with Crippen molar-refractivity contribution in [2.75, 3.05) is 18.0 Å². The summed E-state index contributed by atoms with van der Waals surface area (Å²) < 4.78 is 13.1. The van der Waals surface area contributed by atoms with Gasteiger partial charge in [0.05, 0.1) is 5.75 Å². The van der Waals surface area contributed by atoms with Gasteiger partial charge in [-0.05, 0) is 36.1 Å². The van der Waals surface area contributed by atoms with Crippen LogP contribution >= 0.6 is 23.1 Å². The van der Waals surface area contributed by atoms with Crippen LogP contribution in [0.3, 0.4) is 0 Å². The van der Waals surface area contributed by atoms with E-state index in [9.17, 15) is 9.18 Å². The van der Waals surface area contributed by atoms with E-state index in [0.717, 1.165) is 6.42 Å². The van der Waals surface area contributed by atoms with Crippen molar-refractivity contribution in [3.63, 3.8) is 0 Å². The summed E-state index contributed by atoms with van der Waals surface area (Å²) in [5, 5.41) is 4.85. The lowest BCUT2D eigenvalue weighted by atomic mass is 10.3. The number of benzene rings is 1. The van der Waals surface area contributed by atoms with Gasteiger partial charge in [0.25, 0.3) is 0 Å². The zero-order valence-electron chi connectivity index (χ0n) is 10.8. The topological polar surface area (TPSA) is 55.1 Å². The van der Waals surface area contributed by atoms with Gasteiger partial charge >= 0.3 is 0 Å². The van der Waals surface area contributed by atoms with Gasteiger partial charge in [-0.3, -0.25) is 4.79 Å². The van der Waals surface area contributed by atoms with Crippen LogP contribution in [0.25, 0.3) is 0 Å². The molecule has 1 heterocycles. The number of anilines is 1. The average Bonchev–Trinajstić information content (AvgIpc) is 2.93. The number of amides is 1. The summed E-state index contributed by atoms with van der Waals surface area (Å²) in [7, 11) is 0. The molecule has 2 rings (SSSR count). The Morgan fingerprint density at radius 1 is 1.40 bits per heavy atom. The standard InChI is InChI=1S/C14H15FN2OS2/c15-10-3-4-12(16)13(8-10)20-9-14(18)17-6-5-11-2-1-7-19-11/h1-4,7-8H,5-6,9,16H2,(H,17,18). The number of hydrogen-bond donors (Lipinski definition) is 2. The highest BCUT2D eigenvalue weighted by atomic mass is 32.2. The van der Waals surface area contributed by atoms with Crippen LogP contribution < -0.4 is 11.1 Å². The number of carbonyl (C=O) groups excluding carboxylic acids is 1. The first kappa shape index (κ1) is 14.9. The summed E-state index contributed by atoms with van der Waals surface area (Å²) >= 11 is 2.92. The monoisotopic (exact) mass is 310 g/mol. The van der Waals surface area contributed by atoms with Crippen molar-refractivity contribution in [2.24, 2.45) is 0 Å². The maximum atomic E-state index is 13.1. The number of nitrogen functional groups attached to an aromatic ring is 1. The molecule has 0 unspecified atom stereocenters. The number of hydrogen-bond acceptors (Lipinski definition) is 4. The molecule has 20 heavy (non-hydrogen) atoms. The largest absolute Gasteiger partial charge is 0.398 e. The molecule has 0 saturated heterocycles. The van der Waals surface area contributed by atoms with E-state index >= 15 is 0 Å². The third kappa shape index (κ3) is 4.54. The molecule has 106 valence electrons. The fourth-order valence-electron chi connectivity index (χ4n) is 1.61. The van der Waals surface area contributed by atoms with Crippen LogP contribution in [-0.2, 0) is 11.2 Å². The van der Waals surface area contributed by atoms with Crippen LogP contribution in [-0.4, -0.2) is 18.2 Å². The minimum atomic E-state index is -0.347. The fourth-order valence-corrected chi connectivity index (χ4v) is 3.14. The van der Waals surface area contributed by atoms with E-state index in [-0.39, 0.29) is 17.5 Å². The number of carbonyl (C=O) groups is 1. The van der Waals surface area contributed by atoms with E-state index < -0.39 is 0 Å². The molecule has 6 heteroatoms.